The van der Waals surface area contributed by atoms with Crippen molar-refractivity contribution < 1.29 is 13.9 Å². The molecule has 1 heterocycles. The Morgan fingerprint density at radius 3 is 2.74 bits per heavy atom. The molecule has 0 aliphatic heterocycles. The van der Waals surface area contributed by atoms with Crippen LogP contribution in [0.2, 0.25) is 0 Å². The summed E-state index contributed by atoms with van der Waals surface area (Å²) in [7, 11) is 0. The number of alkyl halides is 2. The van der Waals surface area contributed by atoms with E-state index in [2.05, 4.69) is 15.3 Å². The van der Waals surface area contributed by atoms with Crippen molar-refractivity contribution in [3.05, 3.63) is 6.07 Å². The number of thioether (sulfide) groups is 1. The number of rotatable bonds is 8. The quantitative estimate of drug-likeness (QED) is 0.562. The molecule has 0 aromatic carbocycles. The first kappa shape index (κ1) is 15.9. The smallest absolute Gasteiger partial charge is 0.255 e. The third-order valence-corrected chi connectivity index (χ3v) is 2.83. The highest BCUT2D eigenvalue weighted by Gasteiger charge is 2.15. The summed E-state index contributed by atoms with van der Waals surface area (Å²) in [6, 6.07) is 1.61. The van der Waals surface area contributed by atoms with Gasteiger partial charge in [-0.1, -0.05) is 11.8 Å². The minimum Gasteiger partial charge on any atom is -0.395 e. The van der Waals surface area contributed by atoms with Crippen molar-refractivity contribution in [2.45, 2.75) is 18.5 Å². The maximum atomic E-state index is 12.5. The Morgan fingerprint density at radius 2 is 2.21 bits per heavy atom. The third-order valence-electron chi connectivity index (χ3n) is 2.28. The number of aliphatic hydroxyl groups is 1. The van der Waals surface area contributed by atoms with Crippen LogP contribution in [0.1, 0.15) is 6.92 Å². The SMILES string of the molecule is CCNc1cc(N(CCO)CC(F)F)nc(SC)n1. The molecule has 0 bridgehead atoms. The van der Waals surface area contributed by atoms with Gasteiger partial charge in [-0.3, -0.25) is 0 Å². The summed E-state index contributed by atoms with van der Waals surface area (Å²) in [6.45, 7) is 2.05. The lowest BCUT2D eigenvalue weighted by Gasteiger charge is -2.23. The number of nitrogens with zero attached hydrogens (tertiary/aromatic N) is 3. The molecule has 0 radical (unpaired) electrons. The predicted molar refractivity (Wildman–Crippen MR) is 73.3 cm³/mol. The van der Waals surface area contributed by atoms with Crippen LogP contribution in [0.5, 0.6) is 0 Å². The maximum Gasteiger partial charge on any atom is 0.255 e. The van der Waals surface area contributed by atoms with Crippen LogP contribution in [-0.4, -0.2) is 54.0 Å². The number of nitrogens with one attached hydrogen (secondary N) is 1. The van der Waals surface area contributed by atoms with Gasteiger partial charge in [-0.2, -0.15) is 0 Å². The van der Waals surface area contributed by atoms with Gasteiger partial charge < -0.3 is 15.3 Å². The van der Waals surface area contributed by atoms with E-state index in [1.807, 2.05) is 13.2 Å². The number of halogens is 2. The number of aliphatic hydroxyl groups excluding tert-OH is 1. The standard InChI is InChI=1S/C11H18F2N4OS/c1-3-14-9-6-10(16-11(15-9)19-2)17(4-5-18)7-8(12)13/h6,8,18H,3-5,7H2,1-2H3,(H,14,15,16). The molecule has 108 valence electrons. The molecule has 19 heavy (non-hydrogen) atoms. The van der Waals surface area contributed by atoms with E-state index in [0.29, 0.717) is 23.3 Å². The molecule has 0 saturated carbocycles. The molecule has 1 aromatic heterocycles. The fourth-order valence-electron chi connectivity index (χ4n) is 1.52. The van der Waals surface area contributed by atoms with Gasteiger partial charge in [0.15, 0.2) is 5.16 Å². The summed E-state index contributed by atoms with van der Waals surface area (Å²) in [5, 5.41) is 12.5. The van der Waals surface area contributed by atoms with Crippen LogP contribution in [-0.2, 0) is 0 Å². The molecule has 1 aromatic rings. The van der Waals surface area contributed by atoms with Crippen LogP contribution in [0.25, 0.3) is 0 Å². The molecule has 0 aliphatic carbocycles. The van der Waals surface area contributed by atoms with Gasteiger partial charge in [0.25, 0.3) is 6.43 Å². The zero-order valence-electron chi connectivity index (χ0n) is 10.9. The van der Waals surface area contributed by atoms with E-state index in [4.69, 9.17) is 5.11 Å². The van der Waals surface area contributed by atoms with Crippen LogP contribution in [0.15, 0.2) is 11.2 Å². The Balaban J connectivity index is 3.02. The summed E-state index contributed by atoms with van der Waals surface area (Å²) in [6.07, 6.45) is -0.667. The average molecular weight is 292 g/mol. The molecule has 8 heteroatoms. The van der Waals surface area contributed by atoms with Crippen LogP contribution in [0, 0.1) is 0 Å². The Labute approximate surface area is 115 Å². The molecule has 0 saturated heterocycles. The van der Waals surface area contributed by atoms with E-state index in [9.17, 15) is 8.78 Å². The number of hydrogen-bond donors (Lipinski definition) is 2. The lowest BCUT2D eigenvalue weighted by atomic mass is 10.4. The second-order valence-electron chi connectivity index (χ2n) is 3.69. The van der Waals surface area contributed by atoms with Gasteiger partial charge in [0.2, 0.25) is 0 Å². The van der Waals surface area contributed by atoms with Crippen molar-refractivity contribution in [2.24, 2.45) is 0 Å². The molecular weight excluding hydrogens is 274 g/mol. The zero-order chi connectivity index (χ0) is 14.3. The molecule has 0 atom stereocenters. The first-order valence-corrected chi connectivity index (χ1v) is 7.14. The van der Waals surface area contributed by atoms with Crippen molar-refractivity contribution in [1.82, 2.24) is 9.97 Å². The first-order valence-electron chi connectivity index (χ1n) is 5.91. The number of anilines is 2. The van der Waals surface area contributed by atoms with Gasteiger partial charge in [-0.25, -0.2) is 18.7 Å². The monoisotopic (exact) mass is 292 g/mol. The highest BCUT2D eigenvalue weighted by atomic mass is 32.2. The van der Waals surface area contributed by atoms with Crippen molar-refractivity contribution in [3.63, 3.8) is 0 Å². The molecule has 0 aliphatic rings. The lowest BCUT2D eigenvalue weighted by molar-refractivity contribution is 0.152. The summed E-state index contributed by atoms with van der Waals surface area (Å²) in [4.78, 5) is 9.78. The van der Waals surface area contributed by atoms with E-state index in [0.717, 1.165) is 0 Å². The van der Waals surface area contributed by atoms with Gasteiger partial charge in [0, 0.05) is 19.2 Å². The van der Waals surface area contributed by atoms with Crippen LogP contribution < -0.4 is 10.2 Å². The minimum absolute atomic E-state index is 0.112. The van der Waals surface area contributed by atoms with Crippen LogP contribution in [0.4, 0.5) is 20.4 Å². The van der Waals surface area contributed by atoms with E-state index in [1.54, 1.807) is 6.07 Å². The number of hydrogen-bond acceptors (Lipinski definition) is 6. The van der Waals surface area contributed by atoms with Gasteiger partial charge in [0.1, 0.15) is 11.6 Å². The van der Waals surface area contributed by atoms with Crippen molar-refractivity contribution in [2.75, 3.05) is 42.7 Å². The van der Waals surface area contributed by atoms with Gasteiger partial charge in [0.05, 0.1) is 13.2 Å². The highest BCUT2D eigenvalue weighted by molar-refractivity contribution is 7.98. The van der Waals surface area contributed by atoms with Crippen molar-refractivity contribution in [1.29, 1.82) is 0 Å². The van der Waals surface area contributed by atoms with Crippen LogP contribution in [0.3, 0.4) is 0 Å². The third kappa shape index (κ3) is 5.15. The lowest BCUT2D eigenvalue weighted by Crippen LogP contribution is -2.32. The molecule has 0 amide bonds. The predicted octanol–water partition coefficient (Wildman–Crippen LogP) is 1.69. The molecule has 5 nitrogen and oxygen atoms in total. The Kier molecular flexibility index (Phi) is 6.79. The summed E-state index contributed by atoms with van der Waals surface area (Å²) in [5.41, 5.74) is 0. The Hall–Kier alpha value is -1.15. The average Bonchev–Trinajstić information content (AvgIpc) is 2.37. The Bertz CT molecular complexity index is 395. The zero-order valence-corrected chi connectivity index (χ0v) is 11.8. The molecule has 0 unspecified atom stereocenters. The normalized spacial score (nSPS) is 10.8. The van der Waals surface area contributed by atoms with Crippen molar-refractivity contribution >= 4 is 23.4 Å². The summed E-state index contributed by atoms with van der Waals surface area (Å²) >= 11 is 1.34. The Morgan fingerprint density at radius 1 is 1.47 bits per heavy atom. The first-order chi connectivity index (χ1) is 9.10. The maximum absolute atomic E-state index is 12.5. The second kappa shape index (κ2) is 8.11. The van der Waals surface area contributed by atoms with Gasteiger partial charge in [-0.15, -0.1) is 0 Å². The second-order valence-corrected chi connectivity index (χ2v) is 4.46. The summed E-state index contributed by atoms with van der Waals surface area (Å²) < 4.78 is 25.1. The summed E-state index contributed by atoms with van der Waals surface area (Å²) in [5.74, 6) is 0.985. The fourth-order valence-corrected chi connectivity index (χ4v) is 1.90. The molecule has 0 fully saturated rings. The minimum atomic E-state index is -2.48. The van der Waals surface area contributed by atoms with E-state index in [1.165, 1.54) is 16.7 Å². The largest absolute Gasteiger partial charge is 0.395 e. The molecule has 0 spiro atoms. The molecular formula is C11H18F2N4OS. The fraction of sp³-hybridized carbons (Fsp3) is 0.636. The van der Waals surface area contributed by atoms with E-state index in [-0.39, 0.29) is 13.2 Å². The van der Waals surface area contributed by atoms with E-state index >= 15 is 0 Å². The van der Waals surface area contributed by atoms with E-state index < -0.39 is 13.0 Å². The topological polar surface area (TPSA) is 61.3 Å². The van der Waals surface area contributed by atoms with Crippen molar-refractivity contribution in [3.8, 4) is 0 Å². The van der Waals surface area contributed by atoms with Gasteiger partial charge >= 0.3 is 0 Å². The molecule has 2 N–H and O–H groups in total. The van der Waals surface area contributed by atoms with Crippen LogP contribution >= 0.6 is 11.8 Å². The number of aromatic nitrogens is 2. The highest BCUT2D eigenvalue weighted by Crippen LogP contribution is 2.21. The van der Waals surface area contributed by atoms with Gasteiger partial charge in [-0.05, 0) is 13.2 Å². The molecule has 1 rings (SSSR count).